The summed E-state index contributed by atoms with van der Waals surface area (Å²) in [4.78, 5) is 0. The van der Waals surface area contributed by atoms with Crippen LogP contribution >= 0.6 is 0 Å². The summed E-state index contributed by atoms with van der Waals surface area (Å²) < 4.78 is 6.19. The third kappa shape index (κ3) is 4.84. The Morgan fingerprint density at radius 1 is 1.12 bits per heavy atom. The molecule has 1 aliphatic carbocycles. The summed E-state index contributed by atoms with van der Waals surface area (Å²) in [5.74, 6) is 0.747. The summed E-state index contributed by atoms with van der Waals surface area (Å²) in [5, 5.41) is 3.54. The lowest BCUT2D eigenvalue weighted by molar-refractivity contribution is -0.0442. The van der Waals surface area contributed by atoms with Gasteiger partial charge < -0.3 is 10.1 Å². The summed E-state index contributed by atoms with van der Waals surface area (Å²) in [6.07, 6.45) is 6.34. The summed E-state index contributed by atoms with van der Waals surface area (Å²) in [6.45, 7) is 10.9. The van der Waals surface area contributed by atoms with Crippen LogP contribution in [-0.4, -0.2) is 24.8 Å². The monoisotopic (exact) mass is 227 g/mol. The fourth-order valence-corrected chi connectivity index (χ4v) is 2.29. The molecule has 1 aliphatic rings. The molecule has 0 unspecified atom stereocenters. The van der Waals surface area contributed by atoms with E-state index in [1.54, 1.807) is 0 Å². The van der Waals surface area contributed by atoms with Gasteiger partial charge in [-0.05, 0) is 25.2 Å². The molecule has 96 valence electrons. The lowest BCUT2D eigenvalue weighted by atomic mass is 10.0. The van der Waals surface area contributed by atoms with E-state index in [2.05, 4.69) is 33.0 Å². The van der Waals surface area contributed by atoms with Crippen LogP contribution < -0.4 is 5.32 Å². The van der Waals surface area contributed by atoms with Gasteiger partial charge in [0.15, 0.2) is 0 Å². The molecule has 0 heterocycles. The molecule has 0 bridgehead atoms. The highest BCUT2D eigenvalue weighted by molar-refractivity contribution is 4.89. The zero-order valence-corrected chi connectivity index (χ0v) is 11.5. The Labute approximate surface area is 101 Å². The normalized spacial score (nSPS) is 19.9. The van der Waals surface area contributed by atoms with Gasteiger partial charge in [-0.25, -0.2) is 0 Å². The topological polar surface area (TPSA) is 21.3 Å². The second kappa shape index (κ2) is 6.61. The van der Waals surface area contributed by atoms with Crippen LogP contribution in [0.4, 0.5) is 0 Å². The molecule has 1 rings (SSSR count). The van der Waals surface area contributed by atoms with E-state index in [9.17, 15) is 0 Å². The molecule has 0 radical (unpaired) electrons. The molecule has 16 heavy (non-hydrogen) atoms. The molecular weight excluding hydrogens is 198 g/mol. The predicted molar refractivity (Wildman–Crippen MR) is 69.7 cm³/mol. The van der Waals surface area contributed by atoms with E-state index in [4.69, 9.17) is 4.74 Å². The van der Waals surface area contributed by atoms with Gasteiger partial charge in [0.25, 0.3) is 0 Å². The van der Waals surface area contributed by atoms with Crippen molar-refractivity contribution in [3.8, 4) is 0 Å². The highest BCUT2D eigenvalue weighted by Gasteiger charge is 2.34. The van der Waals surface area contributed by atoms with Gasteiger partial charge in [0.2, 0.25) is 0 Å². The molecule has 0 aromatic heterocycles. The van der Waals surface area contributed by atoms with Crippen molar-refractivity contribution in [2.24, 2.45) is 5.92 Å². The molecule has 1 fully saturated rings. The summed E-state index contributed by atoms with van der Waals surface area (Å²) >= 11 is 0. The van der Waals surface area contributed by atoms with Crippen LogP contribution in [0.2, 0.25) is 0 Å². The van der Waals surface area contributed by atoms with Gasteiger partial charge in [-0.15, -0.1) is 0 Å². The van der Waals surface area contributed by atoms with E-state index in [0.29, 0.717) is 6.04 Å². The van der Waals surface area contributed by atoms with Gasteiger partial charge in [-0.2, -0.15) is 0 Å². The summed E-state index contributed by atoms with van der Waals surface area (Å²) in [6, 6.07) is 0.561. The Morgan fingerprint density at radius 3 is 2.25 bits per heavy atom. The largest absolute Gasteiger partial charge is 0.374 e. The molecule has 2 nitrogen and oxygen atoms in total. The minimum absolute atomic E-state index is 0.152. The molecule has 1 saturated carbocycles. The molecule has 0 amide bonds. The van der Waals surface area contributed by atoms with Crippen LogP contribution in [0, 0.1) is 5.92 Å². The zero-order valence-electron chi connectivity index (χ0n) is 11.5. The van der Waals surface area contributed by atoms with Crippen LogP contribution in [0.25, 0.3) is 0 Å². The number of nitrogens with one attached hydrogen (secondary N) is 1. The van der Waals surface area contributed by atoms with Crippen molar-refractivity contribution in [2.75, 3.05) is 13.2 Å². The molecule has 0 aromatic carbocycles. The standard InChI is InChI=1S/C14H29NO/c1-12(2)7-10-16-14(8-5-6-9-14)11-15-13(3)4/h12-13,15H,5-11H2,1-4H3. The molecule has 2 heteroatoms. The molecule has 0 aromatic rings. The predicted octanol–water partition coefficient (Wildman–Crippen LogP) is 3.36. The average molecular weight is 227 g/mol. The number of hydrogen-bond donors (Lipinski definition) is 1. The first-order chi connectivity index (χ1) is 7.54. The SMILES string of the molecule is CC(C)CCOC1(CNC(C)C)CCCC1. The average Bonchev–Trinajstić information content (AvgIpc) is 2.64. The van der Waals surface area contributed by atoms with Crippen molar-refractivity contribution in [3.63, 3.8) is 0 Å². The minimum atomic E-state index is 0.152. The highest BCUT2D eigenvalue weighted by atomic mass is 16.5. The Bertz CT molecular complexity index is 183. The van der Waals surface area contributed by atoms with Crippen LogP contribution in [0.1, 0.15) is 59.8 Å². The van der Waals surface area contributed by atoms with Crippen molar-refractivity contribution in [1.82, 2.24) is 5.32 Å². The van der Waals surface area contributed by atoms with E-state index in [1.165, 1.54) is 32.1 Å². The number of ether oxygens (including phenoxy) is 1. The lowest BCUT2D eigenvalue weighted by Gasteiger charge is -2.31. The van der Waals surface area contributed by atoms with Gasteiger partial charge in [0.05, 0.1) is 5.60 Å². The highest BCUT2D eigenvalue weighted by Crippen LogP contribution is 2.33. The molecule has 0 aliphatic heterocycles. The van der Waals surface area contributed by atoms with E-state index in [1.807, 2.05) is 0 Å². The molecule has 1 N–H and O–H groups in total. The fraction of sp³-hybridized carbons (Fsp3) is 1.00. The maximum atomic E-state index is 6.19. The van der Waals surface area contributed by atoms with Gasteiger partial charge in [0, 0.05) is 19.2 Å². The van der Waals surface area contributed by atoms with Crippen LogP contribution in [0.5, 0.6) is 0 Å². The van der Waals surface area contributed by atoms with Gasteiger partial charge in [0.1, 0.15) is 0 Å². The molecular formula is C14H29NO. The van der Waals surface area contributed by atoms with Crippen LogP contribution in [-0.2, 0) is 4.74 Å². The van der Waals surface area contributed by atoms with Gasteiger partial charge >= 0.3 is 0 Å². The zero-order chi connectivity index (χ0) is 12.0. The van der Waals surface area contributed by atoms with Crippen LogP contribution in [0.15, 0.2) is 0 Å². The second-order valence-corrected chi connectivity index (χ2v) is 5.96. The lowest BCUT2D eigenvalue weighted by Crippen LogP contribution is -2.43. The fourth-order valence-electron chi connectivity index (χ4n) is 2.29. The third-order valence-electron chi connectivity index (χ3n) is 3.45. The van der Waals surface area contributed by atoms with E-state index < -0.39 is 0 Å². The van der Waals surface area contributed by atoms with Crippen LogP contribution in [0.3, 0.4) is 0 Å². The number of rotatable bonds is 7. The van der Waals surface area contributed by atoms with E-state index in [-0.39, 0.29) is 5.60 Å². The summed E-state index contributed by atoms with van der Waals surface area (Å²) in [5.41, 5.74) is 0.152. The Hall–Kier alpha value is -0.0800. The first-order valence-electron chi connectivity index (χ1n) is 6.91. The Kier molecular flexibility index (Phi) is 5.77. The maximum Gasteiger partial charge on any atom is 0.0806 e. The van der Waals surface area contributed by atoms with Crippen molar-refractivity contribution in [2.45, 2.75) is 71.4 Å². The molecule has 0 atom stereocenters. The van der Waals surface area contributed by atoms with Crippen molar-refractivity contribution in [1.29, 1.82) is 0 Å². The van der Waals surface area contributed by atoms with Gasteiger partial charge in [-0.3, -0.25) is 0 Å². The summed E-state index contributed by atoms with van der Waals surface area (Å²) in [7, 11) is 0. The third-order valence-corrected chi connectivity index (χ3v) is 3.45. The maximum absolute atomic E-state index is 6.19. The van der Waals surface area contributed by atoms with Crippen molar-refractivity contribution < 1.29 is 4.74 Å². The van der Waals surface area contributed by atoms with E-state index in [0.717, 1.165) is 19.1 Å². The minimum Gasteiger partial charge on any atom is -0.374 e. The Balaban J connectivity index is 2.33. The van der Waals surface area contributed by atoms with Gasteiger partial charge in [-0.1, -0.05) is 40.5 Å². The second-order valence-electron chi connectivity index (χ2n) is 5.96. The first kappa shape index (κ1) is 14.0. The quantitative estimate of drug-likeness (QED) is 0.720. The Morgan fingerprint density at radius 2 is 1.75 bits per heavy atom. The smallest absolute Gasteiger partial charge is 0.0806 e. The van der Waals surface area contributed by atoms with Crippen molar-refractivity contribution in [3.05, 3.63) is 0 Å². The van der Waals surface area contributed by atoms with Crippen molar-refractivity contribution >= 4 is 0 Å². The number of hydrogen-bond acceptors (Lipinski definition) is 2. The molecule has 0 spiro atoms. The van der Waals surface area contributed by atoms with E-state index >= 15 is 0 Å². The molecule has 0 saturated heterocycles. The first-order valence-corrected chi connectivity index (χ1v) is 6.91.